The number of benzene rings is 1. The van der Waals surface area contributed by atoms with Gasteiger partial charge in [-0.05, 0) is 36.8 Å². The maximum Gasteiger partial charge on any atom is 0.328 e. The Hall–Kier alpha value is -2.70. The molecule has 2 N–H and O–H groups in total. The molecule has 1 atom stereocenters. The molecule has 0 aliphatic carbocycles. The third kappa shape index (κ3) is 3.44. The molecule has 1 heterocycles. The van der Waals surface area contributed by atoms with Crippen LogP contribution in [0.1, 0.15) is 12.5 Å². The highest BCUT2D eigenvalue weighted by Crippen LogP contribution is 2.23. The van der Waals surface area contributed by atoms with Crippen LogP contribution < -0.4 is 10.2 Å². The lowest BCUT2D eigenvalue weighted by molar-refractivity contribution is -0.133. The number of carboxylic acids is 1. The van der Waals surface area contributed by atoms with E-state index in [0.717, 1.165) is 6.08 Å². The van der Waals surface area contributed by atoms with Gasteiger partial charge in [-0.15, -0.1) is 0 Å². The van der Waals surface area contributed by atoms with Crippen LogP contribution in [-0.4, -0.2) is 35.5 Å². The summed E-state index contributed by atoms with van der Waals surface area (Å²) in [6.07, 6.45) is 2.13. The minimum atomic E-state index is -1.15. The average molecular weight is 292 g/mol. The topological polar surface area (TPSA) is 86.7 Å². The van der Waals surface area contributed by atoms with Crippen molar-refractivity contribution in [1.29, 1.82) is 0 Å². The summed E-state index contributed by atoms with van der Waals surface area (Å²) in [6.45, 7) is 1.53. The smallest absolute Gasteiger partial charge is 0.328 e. The highest BCUT2D eigenvalue weighted by atomic mass is 19.1. The zero-order valence-electron chi connectivity index (χ0n) is 11.2. The number of nitrogens with zero attached hydrogens (tertiary/aromatic N) is 1. The maximum atomic E-state index is 13.6. The average Bonchev–Trinajstić information content (AvgIpc) is 2.40. The van der Waals surface area contributed by atoms with E-state index in [9.17, 15) is 18.8 Å². The van der Waals surface area contributed by atoms with Crippen LogP contribution >= 0.6 is 0 Å². The van der Waals surface area contributed by atoms with Crippen LogP contribution in [0.25, 0.3) is 6.08 Å². The Morgan fingerprint density at radius 3 is 2.81 bits per heavy atom. The third-order valence-corrected chi connectivity index (χ3v) is 3.08. The molecular formula is C14H13FN2O4. The maximum absolute atomic E-state index is 13.6. The first-order valence-electron chi connectivity index (χ1n) is 6.19. The highest BCUT2D eigenvalue weighted by Gasteiger charge is 2.30. The summed E-state index contributed by atoms with van der Waals surface area (Å²) in [4.78, 5) is 35.0. The van der Waals surface area contributed by atoms with Gasteiger partial charge in [0.2, 0.25) is 11.8 Å². The Labute approximate surface area is 119 Å². The van der Waals surface area contributed by atoms with Gasteiger partial charge in [-0.3, -0.25) is 14.9 Å². The zero-order chi connectivity index (χ0) is 15.6. The summed E-state index contributed by atoms with van der Waals surface area (Å²) in [5.74, 6) is -2.66. The summed E-state index contributed by atoms with van der Waals surface area (Å²) in [5.41, 5.74) is 0.675. The van der Waals surface area contributed by atoms with Crippen LogP contribution in [0.5, 0.6) is 0 Å². The van der Waals surface area contributed by atoms with Crippen LogP contribution in [-0.2, 0) is 14.4 Å². The minimum Gasteiger partial charge on any atom is -0.478 e. The molecule has 2 amide bonds. The molecule has 1 unspecified atom stereocenters. The molecular weight excluding hydrogens is 279 g/mol. The van der Waals surface area contributed by atoms with Crippen LogP contribution in [0.4, 0.5) is 10.1 Å². The molecule has 1 aromatic carbocycles. The van der Waals surface area contributed by atoms with E-state index in [1.54, 1.807) is 6.92 Å². The van der Waals surface area contributed by atoms with Crippen molar-refractivity contribution in [3.05, 3.63) is 35.7 Å². The second kappa shape index (κ2) is 5.74. The van der Waals surface area contributed by atoms with Gasteiger partial charge in [0, 0.05) is 11.8 Å². The van der Waals surface area contributed by atoms with Gasteiger partial charge >= 0.3 is 5.97 Å². The number of nitrogens with one attached hydrogen (secondary N) is 1. The molecule has 6 nitrogen and oxygen atoms in total. The van der Waals surface area contributed by atoms with E-state index in [2.05, 4.69) is 5.32 Å². The van der Waals surface area contributed by atoms with Crippen molar-refractivity contribution < 1.29 is 23.9 Å². The molecule has 1 aromatic rings. The van der Waals surface area contributed by atoms with E-state index in [1.165, 1.54) is 29.2 Å². The van der Waals surface area contributed by atoms with E-state index < -0.39 is 29.6 Å². The Balaban J connectivity index is 2.36. The van der Waals surface area contributed by atoms with Crippen molar-refractivity contribution in [3.8, 4) is 0 Å². The number of imide groups is 1. The number of piperazine rings is 1. The Kier molecular flexibility index (Phi) is 4.02. The number of aliphatic carboxylic acids is 1. The van der Waals surface area contributed by atoms with Crippen molar-refractivity contribution >= 4 is 29.5 Å². The van der Waals surface area contributed by atoms with Crippen molar-refractivity contribution in [2.75, 3.05) is 11.4 Å². The van der Waals surface area contributed by atoms with E-state index >= 15 is 0 Å². The monoisotopic (exact) mass is 292 g/mol. The molecule has 1 aliphatic heterocycles. The first-order valence-corrected chi connectivity index (χ1v) is 6.19. The lowest BCUT2D eigenvalue weighted by Gasteiger charge is -2.33. The lowest BCUT2D eigenvalue weighted by atomic mass is 10.1. The van der Waals surface area contributed by atoms with Crippen molar-refractivity contribution in [2.45, 2.75) is 13.0 Å². The van der Waals surface area contributed by atoms with Gasteiger partial charge in [-0.2, -0.15) is 0 Å². The van der Waals surface area contributed by atoms with E-state index in [1.807, 2.05) is 0 Å². The number of hydrogen-bond donors (Lipinski definition) is 2. The highest BCUT2D eigenvalue weighted by molar-refractivity contribution is 6.04. The Bertz CT molecular complexity index is 642. The minimum absolute atomic E-state index is 0.0710. The number of rotatable bonds is 3. The fourth-order valence-electron chi connectivity index (χ4n) is 2.06. The SMILES string of the molecule is CC1C(=O)NC(=O)CN1c1cc(F)cc(/C=C/C(=O)O)c1. The molecule has 0 saturated carbocycles. The number of halogens is 1. The molecule has 0 bridgehead atoms. The fourth-order valence-corrected chi connectivity index (χ4v) is 2.06. The fraction of sp³-hybridized carbons (Fsp3) is 0.214. The molecule has 1 fully saturated rings. The summed E-state index contributed by atoms with van der Waals surface area (Å²) in [6, 6.07) is 3.26. The molecule has 1 saturated heterocycles. The predicted octanol–water partition coefficient (Wildman–Crippen LogP) is 0.775. The van der Waals surface area contributed by atoms with E-state index in [0.29, 0.717) is 11.3 Å². The Morgan fingerprint density at radius 2 is 2.14 bits per heavy atom. The van der Waals surface area contributed by atoms with Crippen LogP contribution in [0, 0.1) is 5.82 Å². The van der Waals surface area contributed by atoms with Gasteiger partial charge in [0.25, 0.3) is 0 Å². The van der Waals surface area contributed by atoms with E-state index in [4.69, 9.17) is 5.11 Å². The first-order chi connectivity index (χ1) is 9.86. The van der Waals surface area contributed by atoms with Crippen molar-refractivity contribution in [2.24, 2.45) is 0 Å². The number of hydrogen-bond acceptors (Lipinski definition) is 4. The molecule has 1 aliphatic rings. The summed E-state index contributed by atoms with van der Waals surface area (Å²) in [5, 5.41) is 10.8. The zero-order valence-corrected chi connectivity index (χ0v) is 11.2. The number of carbonyl (C=O) groups is 3. The second-order valence-corrected chi connectivity index (χ2v) is 4.63. The van der Waals surface area contributed by atoms with E-state index in [-0.39, 0.29) is 6.54 Å². The van der Waals surface area contributed by atoms with Crippen LogP contribution in [0.2, 0.25) is 0 Å². The Morgan fingerprint density at radius 1 is 1.43 bits per heavy atom. The standard InChI is InChI=1S/C14H13FN2O4/c1-8-14(21)16-12(18)7-17(8)11-5-9(2-3-13(19)20)4-10(15)6-11/h2-6,8H,7H2,1H3,(H,19,20)(H,16,18,21)/b3-2+. The van der Waals surface area contributed by atoms with Crippen molar-refractivity contribution in [3.63, 3.8) is 0 Å². The largest absolute Gasteiger partial charge is 0.478 e. The normalized spacial score (nSPS) is 19.0. The number of amides is 2. The van der Waals surface area contributed by atoms with Gasteiger partial charge in [-0.1, -0.05) is 0 Å². The summed E-state index contributed by atoms with van der Waals surface area (Å²) >= 11 is 0. The van der Waals surface area contributed by atoms with Crippen LogP contribution in [0.3, 0.4) is 0 Å². The molecule has 0 spiro atoms. The first kappa shape index (κ1) is 14.7. The quantitative estimate of drug-likeness (QED) is 0.635. The van der Waals surface area contributed by atoms with Gasteiger partial charge in [0.05, 0.1) is 6.54 Å². The number of carbonyl (C=O) groups excluding carboxylic acids is 2. The summed E-state index contributed by atoms with van der Waals surface area (Å²) < 4.78 is 13.6. The molecule has 2 rings (SSSR count). The molecule has 21 heavy (non-hydrogen) atoms. The number of anilines is 1. The third-order valence-electron chi connectivity index (χ3n) is 3.08. The molecule has 7 heteroatoms. The van der Waals surface area contributed by atoms with Gasteiger partial charge < -0.3 is 10.0 Å². The summed E-state index contributed by atoms with van der Waals surface area (Å²) in [7, 11) is 0. The number of carboxylic acid groups (broad SMARTS) is 1. The van der Waals surface area contributed by atoms with Gasteiger partial charge in [0.1, 0.15) is 11.9 Å². The lowest BCUT2D eigenvalue weighted by Crippen LogP contribution is -2.57. The second-order valence-electron chi connectivity index (χ2n) is 4.63. The molecule has 0 aromatic heterocycles. The predicted molar refractivity (Wildman–Crippen MR) is 73.0 cm³/mol. The molecule has 110 valence electrons. The van der Waals surface area contributed by atoms with Gasteiger partial charge in [-0.25, -0.2) is 9.18 Å². The van der Waals surface area contributed by atoms with Gasteiger partial charge in [0.15, 0.2) is 0 Å². The van der Waals surface area contributed by atoms with Crippen molar-refractivity contribution in [1.82, 2.24) is 5.32 Å². The molecule has 0 radical (unpaired) electrons. The van der Waals surface area contributed by atoms with Crippen LogP contribution in [0.15, 0.2) is 24.3 Å².